The smallest absolute Gasteiger partial charge is 0.407 e. The van der Waals surface area contributed by atoms with E-state index in [1.165, 1.54) is 7.11 Å². The van der Waals surface area contributed by atoms with Crippen LogP contribution in [0.4, 0.5) is 4.79 Å². The van der Waals surface area contributed by atoms with Crippen molar-refractivity contribution in [2.24, 2.45) is 0 Å². The van der Waals surface area contributed by atoms with Gasteiger partial charge in [-0.3, -0.25) is 0 Å². The van der Waals surface area contributed by atoms with Crippen molar-refractivity contribution in [3.8, 4) is 0 Å². The molecule has 1 amide bonds. The lowest BCUT2D eigenvalue weighted by Gasteiger charge is -1.98. The van der Waals surface area contributed by atoms with E-state index in [0.717, 1.165) is 15.2 Å². The number of nitrogens with zero attached hydrogens (tertiary/aromatic N) is 1. The Balaban J connectivity index is 2.12. The van der Waals surface area contributed by atoms with E-state index in [0.29, 0.717) is 6.54 Å². The van der Waals surface area contributed by atoms with Crippen molar-refractivity contribution >= 4 is 27.6 Å². The second-order valence-electron chi connectivity index (χ2n) is 2.92. The number of alkyl carbamates (subject to hydrolysis) is 1. The number of para-hydroxylation sites is 1. The topological polar surface area (TPSA) is 51.2 Å². The van der Waals surface area contributed by atoms with Crippen LogP contribution in [0.2, 0.25) is 0 Å². The van der Waals surface area contributed by atoms with Gasteiger partial charge in [0.2, 0.25) is 0 Å². The molecule has 15 heavy (non-hydrogen) atoms. The maximum atomic E-state index is 10.8. The second-order valence-corrected chi connectivity index (χ2v) is 4.04. The molecule has 0 saturated heterocycles. The van der Waals surface area contributed by atoms with E-state index >= 15 is 0 Å². The Hall–Kier alpha value is -1.62. The van der Waals surface area contributed by atoms with Crippen LogP contribution in [-0.4, -0.2) is 18.2 Å². The van der Waals surface area contributed by atoms with Crippen LogP contribution in [-0.2, 0) is 11.3 Å². The number of hydrogen-bond donors (Lipinski definition) is 1. The Bertz CT molecular complexity index is 448. The number of amides is 1. The third kappa shape index (κ3) is 2.24. The molecule has 5 heteroatoms. The Labute approximate surface area is 90.9 Å². The molecule has 0 radical (unpaired) electrons. The fourth-order valence-corrected chi connectivity index (χ4v) is 2.12. The van der Waals surface area contributed by atoms with Crippen molar-refractivity contribution in [2.45, 2.75) is 6.54 Å². The summed E-state index contributed by atoms with van der Waals surface area (Å²) in [4.78, 5) is 15.2. The summed E-state index contributed by atoms with van der Waals surface area (Å²) in [5.74, 6) is 0. The summed E-state index contributed by atoms with van der Waals surface area (Å²) in [6.45, 7) is 0.409. The third-order valence-corrected chi connectivity index (χ3v) is 2.94. The van der Waals surface area contributed by atoms with Gasteiger partial charge in [-0.25, -0.2) is 9.78 Å². The van der Waals surface area contributed by atoms with Gasteiger partial charge in [-0.05, 0) is 12.1 Å². The standard InChI is InChI=1S/C10H10N2O2S/c1-14-10(13)11-6-9-12-7-4-2-3-5-8(7)15-9/h2-5H,6H2,1H3,(H,11,13). The lowest BCUT2D eigenvalue weighted by molar-refractivity contribution is 0.170. The van der Waals surface area contributed by atoms with E-state index in [-0.39, 0.29) is 0 Å². The molecule has 0 fully saturated rings. The molecule has 0 atom stereocenters. The van der Waals surface area contributed by atoms with Crippen LogP contribution < -0.4 is 5.32 Å². The first kappa shape index (κ1) is 9.92. The zero-order valence-electron chi connectivity index (χ0n) is 8.19. The van der Waals surface area contributed by atoms with E-state index in [4.69, 9.17) is 0 Å². The number of methoxy groups -OCH3 is 1. The predicted molar refractivity (Wildman–Crippen MR) is 58.9 cm³/mol. The number of benzene rings is 1. The molecule has 0 bridgehead atoms. The van der Waals surface area contributed by atoms with Gasteiger partial charge in [0.1, 0.15) is 5.01 Å². The number of thiazole rings is 1. The molecule has 1 heterocycles. The minimum absolute atomic E-state index is 0.409. The fraction of sp³-hybridized carbons (Fsp3) is 0.200. The Morgan fingerprint density at radius 2 is 2.33 bits per heavy atom. The summed E-state index contributed by atoms with van der Waals surface area (Å²) in [6.07, 6.45) is -0.436. The van der Waals surface area contributed by atoms with Gasteiger partial charge in [-0.15, -0.1) is 11.3 Å². The molecule has 78 valence electrons. The molecule has 0 aliphatic rings. The third-order valence-electron chi connectivity index (χ3n) is 1.91. The molecule has 2 rings (SSSR count). The van der Waals surface area contributed by atoms with Crippen molar-refractivity contribution < 1.29 is 9.53 Å². The SMILES string of the molecule is COC(=O)NCc1nc2ccccc2s1. The van der Waals surface area contributed by atoms with Crippen LogP contribution >= 0.6 is 11.3 Å². The molecule has 0 saturated carbocycles. The maximum absolute atomic E-state index is 10.8. The number of fused-ring (bicyclic) bond motifs is 1. The highest BCUT2D eigenvalue weighted by atomic mass is 32.1. The highest BCUT2D eigenvalue weighted by Crippen LogP contribution is 2.21. The van der Waals surface area contributed by atoms with E-state index in [9.17, 15) is 4.79 Å². The minimum atomic E-state index is -0.436. The normalized spacial score (nSPS) is 10.2. The van der Waals surface area contributed by atoms with Crippen LogP contribution in [0.15, 0.2) is 24.3 Å². The highest BCUT2D eigenvalue weighted by Gasteiger charge is 2.04. The first-order chi connectivity index (χ1) is 7.29. The number of aromatic nitrogens is 1. The molecule has 1 N–H and O–H groups in total. The van der Waals surface area contributed by atoms with Gasteiger partial charge >= 0.3 is 6.09 Å². The van der Waals surface area contributed by atoms with Crippen molar-refractivity contribution in [2.75, 3.05) is 7.11 Å². The van der Waals surface area contributed by atoms with Gasteiger partial charge in [-0.1, -0.05) is 12.1 Å². The van der Waals surface area contributed by atoms with E-state index in [2.05, 4.69) is 15.0 Å². The number of carbonyl (C=O) groups is 1. The van der Waals surface area contributed by atoms with Crippen molar-refractivity contribution in [3.63, 3.8) is 0 Å². The molecule has 1 aromatic heterocycles. The monoisotopic (exact) mass is 222 g/mol. The van der Waals surface area contributed by atoms with Crippen LogP contribution in [0, 0.1) is 0 Å². The lowest BCUT2D eigenvalue weighted by atomic mass is 10.3. The lowest BCUT2D eigenvalue weighted by Crippen LogP contribution is -2.22. The van der Waals surface area contributed by atoms with Gasteiger partial charge in [0.05, 0.1) is 23.9 Å². The molecule has 2 aromatic rings. The molecular weight excluding hydrogens is 212 g/mol. The summed E-state index contributed by atoms with van der Waals surface area (Å²) in [5.41, 5.74) is 0.962. The number of rotatable bonds is 2. The number of carbonyl (C=O) groups excluding carboxylic acids is 1. The van der Waals surface area contributed by atoms with Gasteiger partial charge in [0, 0.05) is 0 Å². The van der Waals surface area contributed by atoms with Gasteiger partial charge < -0.3 is 10.1 Å². The van der Waals surface area contributed by atoms with Crippen molar-refractivity contribution in [3.05, 3.63) is 29.3 Å². The highest BCUT2D eigenvalue weighted by molar-refractivity contribution is 7.18. The Morgan fingerprint density at radius 1 is 1.53 bits per heavy atom. The van der Waals surface area contributed by atoms with E-state index in [1.807, 2.05) is 24.3 Å². The summed E-state index contributed by atoms with van der Waals surface area (Å²) in [5, 5.41) is 3.47. The second kappa shape index (κ2) is 4.27. The molecule has 0 unspecified atom stereocenters. The quantitative estimate of drug-likeness (QED) is 0.847. The first-order valence-electron chi connectivity index (χ1n) is 4.46. The summed E-state index contributed by atoms with van der Waals surface area (Å²) in [7, 11) is 1.34. The van der Waals surface area contributed by atoms with Crippen molar-refractivity contribution in [1.82, 2.24) is 10.3 Å². The van der Waals surface area contributed by atoms with Crippen LogP contribution in [0.1, 0.15) is 5.01 Å². The van der Waals surface area contributed by atoms with Crippen LogP contribution in [0.3, 0.4) is 0 Å². The largest absolute Gasteiger partial charge is 0.453 e. The number of hydrogen-bond acceptors (Lipinski definition) is 4. The fourth-order valence-electron chi connectivity index (χ4n) is 1.22. The van der Waals surface area contributed by atoms with Gasteiger partial charge in [-0.2, -0.15) is 0 Å². The van der Waals surface area contributed by atoms with Crippen molar-refractivity contribution in [1.29, 1.82) is 0 Å². The molecule has 0 spiro atoms. The van der Waals surface area contributed by atoms with Gasteiger partial charge in [0.15, 0.2) is 0 Å². The molecule has 0 aliphatic heterocycles. The van der Waals surface area contributed by atoms with E-state index < -0.39 is 6.09 Å². The maximum Gasteiger partial charge on any atom is 0.407 e. The van der Waals surface area contributed by atoms with Crippen LogP contribution in [0.25, 0.3) is 10.2 Å². The first-order valence-corrected chi connectivity index (χ1v) is 5.27. The molecule has 4 nitrogen and oxygen atoms in total. The predicted octanol–water partition coefficient (Wildman–Crippen LogP) is 2.15. The Kier molecular flexibility index (Phi) is 2.82. The molecular formula is C10H10N2O2S. The zero-order valence-corrected chi connectivity index (χ0v) is 9.00. The summed E-state index contributed by atoms with van der Waals surface area (Å²) >= 11 is 1.57. The summed E-state index contributed by atoms with van der Waals surface area (Å²) in [6, 6.07) is 7.87. The number of nitrogens with one attached hydrogen (secondary N) is 1. The molecule has 0 aliphatic carbocycles. The summed E-state index contributed by atoms with van der Waals surface area (Å²) < 4.78 is 5.60. The molecule has 1 aromatic carbocycles. The zero-order chi connectivity index (χ0) is 10.7. The average Bonchev–Trinajstić information content (AvgIpc) is 2.68. The number of ether oxygens (including phenoxy) is 1. The van der Waals surface area contributed by atoms with Crippen LogP contribution in [0.5, 0.6) is 0 Å². The minimum Gasteiger partial charge on any atom is -0.453 e. The Morgan fingerprint density at radius 3 is 3.07 bits per heavy atom. The van der Waals surface area contributed by atoms with Gasteiger partial charge in [0.25, 0.3) is 0 Å². The van der Waals surface area contributed by atoms with E-state index in [1.54, 1.807) is 11.3 Å². The average molecular weight is 222 g/mol.